The maximum absolute atomic E-state index is 11.4. The van der Waals surface area contributed by atoms with Crippen LogP contribution in [0.2, 0.25) is 0 Å². The van der Waals surface area contributed by atoms with Crippen LogP contribution in [0.3, 0.4) is 0 Å². The van der Waals surface area contributed by atoms with Gasteiger partial charge < -0.3 is 0 Å². The second kappa shape index (κ2) is 7.50. The molecule has 0 saturated heterocycles. The number of pyridine rings is 1. The molecule has 118 valence electrons. The van der Waals surface area contributed by atoms with E-state index < -0.39 is 10.8 Å². The number of nitrogens with zero attached hydrogens (tertiary/aromatic N) is 2. The fourth-order valence-electron chi connectivity index (χ4n) is 3.52. The van der Waals surface area contributed by atoms with E-state index in [-0.39, 0.29) is 0 Å². The Labute approximate surface area is 131 Å². The minimum atomic E-state index is -0.723. The molecule has 0 aromatic carbocycles. The van der Waals surface area contributed by atoms with E-state index in [0.29, 0.717) is 18.0 Å². The molecule has 1 saturated carbocycles. The van der Waals surface area contributed by atoms with Crippen LogP contribution in [0, 0.1) is 6.92 Å². The molecule has 1 aliphatic rings. The van der Waals surface area contributed by atoms with Gasteiger partial charge in [0.2, 0.25) is 0 Å². The van der Waals surface area contributed by atoms with E-state index in [1.54, 1.807) is 6.26 Å². The molecular formula is C17H28N2OS. The molecule has 0 bridgehead atoms. The number of aromatic nitrogens is 1. The Morgan fingerprint density at radius 3 is 2.90 bits per heavy atom. The number of hydrogen-bond donors (Lipinski definition) is 0. The van der Waals surface area contributed by atoms with Gasteiger partial charge in [-0.05, 0) is 51.8 Å². The topological polar surface area (TPSA) is 33.2 Å². The van der Waals surface area contributed by atoms with Crippen molar-refractivity contribution < 1.29 is 4.21 Å². The van der Waals surface area contributed by atoms with E-state index in [9.17, 15) is 4.21 Å². The summed E-state index contributed by atoms with van der Waals surface area (Å²) in [6.45, 7) is 4.36. The lowest BCUT2D eigenvalue weighted by molar-refractivity contribution is 0.146. The van der Waals surface area contributed by atoms with Gasteiger partial charge in [0.15, 0.2) is 0 Å². The fourth-order valence-corrected chi connectivity index (χ4v) is 4.44. The van der Waals surface area contributed by atoms with Gasteiger partial charge in [0.1, 0.15) is 0 Å². The van der Waals surface area contributed by atoms with Crippen molar-refractivity contribution in [3.63, 3.8) is 0 Å². The summed E-state index contributed by atoms with van der Waals surface area (Å²) in [5.74, 6) is 1.34. The number of aryl methyl sites for hydroxylation is 1. The van der Waals surface area contributed by atoms with E-state index in [4.69, 9.17) is 0 Å². The Kier molecular flexibility index (Phi) is 5.94. The van der Waals surface area contributed by atoms with Crippen LogP contribution in [0.5, 0.6) is 0 Å². The zero-order chi connectivity index (χ0) is 15.4. The Bertz CT molecular complexity index is 491. The quantitative estimate of drug-likeness (QED) is 0.838. The lowest BCUT2D eigenvalue weighted by atomic mass is 9.81. The first-order valence-corrected chi connectivity index (χ1v) is 9.65. The van der Waals surface area contributed by atoms with Gasteiger partial charge in [-0.25, -0.2) is 0 Å². The highest BCUT2D eigenvalue weighted by molar-refractivity contribution is 7.84. The van der Waals surface area contributed by atoms with Crippen molar-refractivity contribution in [1.82, 2.24) is 9.88 Å². The van der Waals surface area contributed by atoms with Crippen LogP contribution in [0.1, 0.15) is 49.8 Å². The molecule has 4 heteroatoms. The molecule has 1 aliphatic carbocycles. The van der Waals surface area contributed by atoms with Crippen LogP contribution in [0.15, 0.2) is 18.3 Å². The van der Waals surface area contributed by atoms with Crippen LogP contribution in [-0.4, -0.2) is 45.2 Å². The summed E-state index contributed by atoms with van der Waals surface area (Å²) in [5.41, 5.74) is 2.59. The molecular weight excluding hydrogens is 280 g/mol. The van der Waals surface area contributed by atoms with E-state index in [1.807, 2.05) is 12.3 Å². The SMILES string of the molecule is Cc1cccnc1[C@@H]1CCC[C@H](N(C)[C@@H](C)C[S@](C)=O)C1. The van der Waals surface area contributed by atoms with E-state index >= 15 is 0 Å². The van der Waals surface area contributed by atoms with E-state index in [2.05, 4.69) is 36.8 Å². The molecule has 0 aliphatic heterocycles. The highest BCUT2D eigenvalue weighted by Crippen LogP contribution is 2.35. The van der Waals surface area contributed by atoms with E-state index in [0.717, 1.165) is 5.75 Å². The van der Waals surface area contributed by atoms with Crippen molar-refractivity contribution in [2.45, 2.75) is 57.5 Å². The largest absolute Gasteiger partial charge is 0.300 e. The van der Waals surface area contributed by atoms with Gasteiger partial charge in [0.25, 0.3) is 0 Å². The second-order valence-electron chi connectivity index (χ2n) is 6.48. The summed E-state index contributed by atoms with van der Waals surface area (Å²) in [6.07, 6.45) is 8.65. The normalized spacial score (nSPS) is 25.8. The van der Waals surface area contributed by atoms with Gasteiger partial charge in [-0.3, -0.25) is 14.1 Å². The maximum atomic E-state index is 11.4. The predicted molar refractivity (Wildman–Crippen MR) is 90.1 cm³/mol. The molecule has 0 radical (unpaired) electrons. The first-order chi connectivity index (χ1) is 9.99. The molecule has 1 aromatic rings. The third-order valence-electron chi connectivity index (χ3n) is 4.83. The Morgan fingerprint density at radius 1 is 1.48 bits per heavy atom. The van der Waals surface area contributed by atoms with Gasteiger partial charge >= 0.3 is 0 Å². The Morgan fingerprint density at radius 2 is 2.24 bits per heavy atom. The Balaban J connectivity index is 2.04. The highest BCUT2D eigenvalue weighted by atomic mass is 32.2. The fraction of sp³-hybridized carbons (Fsp3) is 0.706. The first-order valence-electron chi connectivity index (χ1n) is 7.92. The predicted octanol–water partition coefficient (Wildman–Crippen LogP) is 3.12. The minimum absolute atomic E-state index is 0.379. The number of hydrogen-bond acceptors (Lipinski definition) is 3. The molecule has 0 unspecified atom stereocenters. The van der Waals surface area contributed by atoms with Crippen molar-refractivity contribution >= 4 is 10.8 Å². The van der Waals surface area contributed by atoms with Gasteiger partial charge in [-0.15, -0.1) is 0 Å². The summed E-state index contributed by atoms with van der Waals surface area (Å²) in [6, 6.07) is 5.15. The van der Waals surface area contributed by atoms with Crippen LogP contribution >= 0.6 is 0 Å². The molecule has 1 fully saturated rings. The van der Waals surface area contributed by atoms with Crippen LogP contribution in [0.4, 0.5) is 0 Å². The summed E-state index contributed by atoms with van der Waals surface area (Å²) in [5, 5.41) is 0. The minimum Gasteiger partial charge on any atom is -0.300 e. The molecule has 21 heavy (non-hydrogen) atoms. The number of rotatable bonds is 5. The third-order valence-corrected chi connectivity index (χ3v) is 5.78. The van der Waals surface area contributed by atoms with Gasteiger partial charge in [0.05, 0.1) is 0 Å². The van der Waals surface area contributed by atoms with Crippen molar-refractivity contribution in [3.05, 3.63) is 29.6 Å². The van der Waals surface area contributed by atoms with Crippen LogP contribution in [0.25, 0.3) is 0 Å². The van der Waals surface area contributed by atoms with Crippen molar-refractivity contribution in [2.24, 2.45) is 0 Å². The molecule has 2 rings (SSSR count). The monoisotopic (exact) mass is 308 g/mol. The van der Waals surface area contributed by atoms with Crippen LogP contribution in [-0.2, 0) is 10.8 Å². The molecule has 0 amide bonds. The smallest absolute Gasteiger partial charge is 0.0464 e. The molecule has 1 aromatic heterocycles. The highest BCUT2D eigenvalue weighted by Gasteiger charge is 2.29. The van der Waals surface area contributed by atoms with Crippen LogP contribution < -0.4 is 0 Å². The zero-order valence-electron chi connectivity index (χ0n) is 13.7. The summed E-state index contributed by atoms with van der Waals surface area (Å²) < 4.78 is 11.4. The molecule has 4 atom stereocenters. The lowest BCUT2D eigenvalue weighted by Crippen LogP contribution is -2.43. The Hall–Kier alpha value is -0.740. The third kappa shape index (κ3) is 4.36. The van der Waals surface area contributed by atoms with Gasteiger partial charge in [0, 0.05) is 52.7 Å². The average molecular weight is 308 g/mol. The van der Waals surface area contributed by atoms with Crippen molar-refractivity contribution in [1.29, 1.82) is 0 Å². The van der Waals surface area contributed by atoms with E-state index in [1.165, 1.54) is 36.9 Å². The lowest BCUT2D eigenvalue weighted by Gasteiger charge is -2.38. The molecule has 1 heterocycles. The van der Waals surface area contributed by atoms with Gasteiger partial charge in [-0.1, -0.05) is 12.5 Å². The van der Waals surface area contributed by atoms with Gasteiger partial charge in [-0.2, -0.15) is 0 Å². The second-order valence-corrected chi connectivity index (χ2v) is 7.96. The molecule has 0 N–H and O–H groups in total. The maximum Gasteiger partial charge on any atom is 0.0464 e. The average Bonchev–Trinajstić information content (AvgIpc) is 2.46. The summed E-state index contributed by atoms with van der Waals surface area (Å²) in [7, 11) is 1.47. The molecule has 3 nitrogen and oxygen atoms in total. The zero-order valence-corrected chi connectivity index (χ0v) is 14.5. The summed E-state index contributed by atoms with van der Waals surface area (Å²) >= 11 is 0. The molecule has 0 spiro atoms. The van der Waals surface area contributed by atoms with Crippen molar-refractivity contribution in [2.75, 3.05) is 19.1 Å². The summed E-state index contributed by atoms with van der Waals surface area (Å²) in [4.78, 5) is 7.06. The first kappa shape index (κ1) is 16.6. The van der Waals surface area contributed by atoms with Crippen molar-refractivity contribution in [3.8, 4) is 0 Å². The standard InChI is InChI=1S/C17H28N2OS/c1-13-7-6-10-18-17(13)15-8-5-9-16(11-15)19(3)14(2)12-21(4)20/h6-7,10,14-16H,5,8-9,11-12H2,1-4H3/t14-,15+,16-,21-/m0/s1.